The molecule has 2 heteroatoms. The maximum Gasteiger partial charge on any atom is 0.0433 e. The van der Waals surface area contributed by atoms with E-state index in [1.54, 1.807) is 0 Å². The van der Waals surface area contributed by atoms with Gasteiger partial charge in [0, 0.05) is 40.3 Å². The zero-order chi connectivity index (χ0) is 60.1. The van der Waals surface area contributed by atoms with Crippen LogP contribution in [0.15, 0.2) is 315 Å². The van der Waals surface area contributed by atoms with Crippen LogP contribution in [-0.4, -0.2) is 0 Å². The van der Waals surface area contributed by atoms with Gasteiger partial charge >= 0.3 is 0 Å². The van der Waals surface area contributed by atoms with E-state index < -0.39 is 0 Å². The number of thiophene rings is 2. The Bertz CT molecular complexity index is 6440. The molecule has 0 bridgehead atoms. The molecule has 0 nitrogen and oxygen atoms in total. The van der Waals surface area contributed by atoms with Crippen LogP contribution in [0, 0.1) is 0 Å². The summed E-state index contributed by atoms with van der Waals surface area (Å²) < 4.78 is 5.31. The maximum atomic E-state index is 2.46. The summed E-state index contributed by atoms with van der Waals surface area (Å²) in [6, 6.07) is 119. The van der Waals surface area contributed by atoms with E-state index in [1.165, 1.54) is 204 Å². The Labute approximate surface area is 538 Å². The van der Waals surface area contributed by atoms with Gasteiger partial charge in [0.1, 0.15) is 0 Å². The highest BCUT2D eigenvalue weighted by atomic mass is 32.1. The highest BCUT2D eigenvalue weighted by molar-refractivity contribution is 7.27. The fourth-order valence-corrected chi connectivity index (χ4v) is 18.3. The topological polar surface area (TPSA) is 0 Å². The average Bonchev–Trinajstić information content (AvgIpc) is 0.906. The molecule has 0 N–H and O–H groups in total. The van der Waals surface area contributed by atoms with Crippen molar-refractivity contribution in [2.24, 2.45) is 0 Å². The minimum atomic E-state index is 1.22. The predicted octanol–water partition coefficient (Wildman–Crippen LogP) is 26.8. The molecule has 0 fully saturated rings. The third kappa shape index (κ3) is 7.75. The van der Waals surface area contributed by atoms with Crippen LogP contribution in [0.1, 0.15) is 0 Å². The van der Waals surface area contributed by atoms with Gasteiger partial charge in [0.2, 0.25) is 0 Å². The van der Waals surface area contributed by atoms with Gasteiger partial charge < -0.3 is 0 Å². The van der Waals surface area contributed by atoms with Crippen LogP contribution in [0.3, 0.4) is 0 Å². The first-order chi connectivity index (χ1) is 45.6. The van der Waals surface area contributed by atoms with Crippen molar-refractivity contribution in [3.63, 3.8) is 0 Å². The van der Waals surface area contributed by atoms with E-state index in [2.05, 4.69) is 315 Å². The molecule has 0 aliphatic heterocycles. The summed E-state index contributed by atoms with van der Waals surface area (Å²) in [5, 5.41) is 28.0. The van der Waals surface area contributed by atoms with Crippen LogP contribution in [0.4, 0.5) is 0 Å². The second kappa shape index (κ2) is 20.1. The first kappa shape index (κ1) is 51.6. The second-order valence-corrected chi connectivity index (χ2v) is 27.0. The summed E-state index contributed by atoms with van der Waals surface area (Å²) in [7, 11) is 0. The van der Waals surface area contributed by atoms with Crippen LogP contribution in [0.25, 0.3) is 204 Å². The molecule has 0 atom stereocenters. The first-order valence-corrected chi connectivity index (χ1v) is 33.4. The molecule has 0 saturated heterocycles. The first-order valence-electron chi connectivity index (χ1n) is 31.8. The zero-order valence-electron chi connectivity index (χ0n) is 49.8. The highest BCUT2D eigenvalue weighted by Gasteiger charge is 2.23. The quantitative estimate of drug-likeness (QED) is 0.115. The van der Waals surface area contributed by atoms with Gasteiger partial charge in [0.05, 0.1) is 0 Å². The van der Waals surface area contributed by atoms with Crippen LogP contribution < -0.4 is 0 Å². The van der Waals surface area contributed by atoms with Gasteiger partial charge in [-0.3, -0.25) is 0 Å². The lowest BCUT2D eigenvalue weighted by atomic mass is 9.83. The Morgan fingerprint density at radius 2 is 0.554 bits per heavy atom. The minimum absolute atomic E-state index is 1.22. The normalized spacial score (nSPS) is 12.1. The lowest BCUT2D eigenvalue weighted by molar-refractivity contribution is 1.61. The van der Waals surface area contributed by atoms with Gasteiger partial charge in [-0.05, 0) is 212 Å². The molecule has 0 amide bonds. The van der Waals surface area contributed by atoms with Gasteiger partial charge in [0.25, 0.3) is 0 Å². The van der Waals surface area contributed by atoms with Crippen molar-refractivity contribution in [3.05, 3.63) is 315 Å². The molecule has 0 radical (unpaired) electrons. The molecule has 2 aromatic heterocycles. The molecule has 20 rings (SSSR count). The van der Waals surface area contributed by atoms with E-state index >= 15 is 0 Å². The van der Waals surface area contributed by atoms with E-state index in [0.29, 0.717) is 0 Å². The molecule has 0 aliphatic rings. The van der Waals surface area contributed by atoms with E-state index in [9.17, 15) is 0 Å². The number of rotatable bonds is 6. The molecule has 2 heterocycles. The number of fused-ring (bicyclic) bond motifs is 18. The van der Waals surface area contributed by atoms with Crippen molar-refractivity contribution in [2.75, 3.05) is 0 Å². The Kier molecular flexibility index (Phi) is 11.3. The van der Waals surface area contributed by atoms with E-state index in [-0.39, 0.29) is 0 Å². The maximum absolute atomic E-state index is 2.46. The SMILES string of the molecule is c1ccc(-c2ccccc2-c2c3ccccc3c(-c3ccc4sc5c6ccc(-c7ccc8cc9ccc%10c(-c%11c%12ccccc%12c(-c%12ccc%13sc%14c%15ccccc%15ccc%14c%13c%12)c%12ccccc%11%12)cccc%10c9cc8c7)cc6ccc5c4c3)c3ccccc23)cc1. The molecule has 424 valence electrons. The van der Waals surface area contributed by atoms with Crippen LogP contribution in [-0.2, 0) is 0 Å². The second-order valence-electron chi connectivity index (χ2n) is 24.9. The van der Waals surface area contributed by atoms with Gasteiger partial charge in [-0.15, -0.1) is 22.7 Å². The number of hydrogen-bond donors (Lipinski definition) is 0. The smallest absolute Gasteiger partial charge is 0.0433 e. The number of benzene rings is 18. The van der Waals surface area contributed by atoms with Crippen LogP contribution >= 0.6 is 22.7 Å². The largest absolute Gasteiger partial charge is 0.135 e. The van der Waals surface area contributed by atoms with E-state index in [4.69, 9.17) is 0 Å². The monoisotopic (exact) mass is 1200 g/mol. The lowest BCUT2D eigenvalue weighted by Gasteiger charge is -2.19. The lowest BCUT2D eigenvalue weighted by Crippen LogP contribution is -1.92. The average molecular weight is 1200 g/mol. The molecule has 18 aromatic carbocycles. The summed E-state index contributed by atoms with van der Waals surface area (Å²) in [6.07, 6.45) is 0. The van der Waals surface area contributed by atoms with Crippen molar-refractivity contribution in [2.45, 2.75) is 0 Å². The fraction of sp³-hybridized carbons (Fsp3) is 0. The Hall–Kier alpha value is -11.3. The third-order valence-electron chi connectivity index (χ3n) is 20.0. The zero-order valence-corrected chi connectivity index (χ0v) is 51.5. The van der Waals surface area contributed by atoms with Crippen LogP contribution in [0.2, 0.25) is 0 Å². The predicted molar refractivity (Wildman–Crippen MR) is 402 cm³/mol. The highest BCUT2D eigenvalue weighted by Crippen LogP contribution is 2.51. The van der Waals surface area contributed by atoms with Crippen molar-refractivity contribution >= 4 is 160 Å². The molecule has 20 aromatic rings. The molecular formula is C90H52S2. The minimum Gasteiger partial charge on any atom is -0.135 e. The fourth-order valence-electron chi connectivity index (χ4n) is 15.8. The summed E-state index contributed by atoms with van der Waals surface area (Å²) >= 11 is 3.81. The van der Waals surface area contributed by atoms with E-state index in [0.717, 1.165) is 0 Å². The molecular weight excluding hydrogens is 1150 g/mol. The Morgan fingerprint density at radius 3 is 1.15 bits per heavy atom. The molecule has 0 unspecified atom stereocenters. The van der Waals surface area contributed by atoms with Crippen molar-refractivity contribution in [3.8, 4) is 66.8 Å². The summed E-state index contributed by atoms with van der Waals surface area (Å²) in [5.74, 6) is 0. The van der Waals surface area contributed by atoms with Crippen molar-refractivity contribution in [1.29, 1.82) is 0 Å². The molecule has 0 aliphatic carbocycles. The standard InChI is InChI=1S/C90H52S2/c1-2-17-53(18-3-1)63-20-6-7-22-68(63)87-74-27-12-8-23-70(74)85(71-24-9-13-28-75(71)87)61-40-46-84-82(51-61)79-44-38-58-47-56(36-41-65(58)90(79)92-84)55-33-34-57-48-59-37-42-67-66(80(59)52-62(57)49-55)31-16-32-69(67)88-76-29-14-10-25-72(76)86(73-26-11-15-30-77(73)88)60-39-45-83-81(50-60)78-43-35-54-19-4-5-21-64(54)89(78)91-83/h1-52H. The molecule has 0 saturated carbocycles. The van der Waals surface area contributed by atoms with Gasteiger partial charge in [0.15, 0.2) is 0 Å². The number of hydrogen-bond acceptors (Lipinski definition) is 2. The summed E-state index contributed by atoms with van der Waals surface area (Å²) in [4.78, 5) is 0. The van der Waals surface area contributed by atoms with Gasteiger partial charge in [-0.25, -0.2) is 0 Å². The van der Waals surface area contributed by atoms with Gasteiger partial charge in [-0.2, -0.15) is 0 Å². The van der Waals surface area contributed by atoms with E-state index in [1.807, 2.05) is 22.7 Å². The summed E-state index contributed by atoms with van der Waals surface area (Å²) in [5.41, 5.74) is 15.0. The Morgan fingerprint density at radius 1 is 0.152 bits per heavy atom. The Balaban J connectivity index is 0.675. The third-order valence-corrected chi connectivity index (χ3v) is 22.4. The van der Waals surface area contributed by atoms with Gasteiger partial charge in [-0.1, -0.05) is 267 Å². The molecule has 92 heavy (non-hydrogen) atoms. The molecule has 0 spiro atoms. The van der Waals surface area contributed by atoms with Crippen molar-refractivity contribution < 1.29 is 0 Å². The summed E-state index contributed by atoms with van der Waals surface area (Å²) in [6.45, 7) is 0. The van der Waals surface area contributed by atoms with Crippen molar-refractivity contribution in [1.82, 2.24) is 0 Å². The van der Waals surface area contributed by atoms with Crippen LogP contribution in [0.5, 0.6) is 0 Å².